The quantitative estimate of drug-likeness (QED) is 0.126. The Morgan fingerprint density at radius 2 is 0.980 bits per heavy atom. The van der Waals surface area contributed by atoms with Gasteiger partial charge in [0.1, 0.15) is 0 Å². The van der Waals surface area contributed by atoms with Gasteiger partial charge in [0.2, 0.25) is 5.66 Å². The Bertz CT molecular complexity index is 1820. The minimum atomic E-state index is -2.20. The van der Waals surface area contributed by atoms with Crippen molar-refractivity contribution in [1.29, 1.82) is 0 Å². The Labute approximate surface area is 301 Å². The van der Waals surface area contributed by atoms with Crippen LogP contribution in [0, 0.1) is 0 Å². The molecule has 3 aromatic carbocycles. The molecule has 0 aliphatic heterocycles. The summed E-state index contributed by atoms with van der Waals surface area (Å²) < 4.78 is 0. The number of nitrogens with one attached hydrogen (secondary N) is 2. The van der Waals surface area contributed by atoms with Crippen molar-refractivity contribution in [1.82, 2.24) is 10.6 Å². The molecule has 0 spiro atoms. The van der Waals surface area contributed by atoms with Gasteiger partial charge in [0.25, 0.3) is 11.8 Å². The lowest BCUT2D eigenvalue weighted by Crippen LogP contribution is -2.62. The third-order valence-corrected chi connectivity index (χ3v) is 12.3. The number of aliphatic carboxylic acids is 1. The fourth-order valence-electron chi connectivity index (χ4n) is 7.54. The largest absolute Gasteiger partial charge is 0.478 e. The highest BCUT2D eigenvalue weighted by Crippen LogP contribution is 2.36. The number of carbonyl (C=O) groups is 3. The highest BCUT2D eigenvalue weighted by Gasteiger charge is 2.44. The summed E-state index contributed by atoms with van der Waals surface area (Å²) >= 11 is 2.49. The van der Waals surface area contributed by atoms with E-state index in [9.17, 15) is 19.5 Å². The standard InChI is InChI=1S/C42H42N2O4S2/c45-39(37-24-34(26-49-37)32-20-16-30(17-21-32)28-10-4-1-5-11-28)43-42(41(47)48,36-14-8-3-9-15-36)44-40(46)38-25-35(27-50-38)33-22-18-31(19-23-33)29-12-6-2-7-13-29/h3,8-9,14-29H,1-2,4-7,10-13H2,(H,43,45)(H,44,46)(H,47,48). The van der Waals surface area contributed by atoms with E-state index in [1.807, 2.05) is 10.8 Å². The van der Waals surface area contributed by atoms with Crippen LogP contribution in [0.2, 0.25) is 0 Å². The SMILES string of the molecule is O=C(NC(NC(=O)c1cc(-c2ccc(C3CCCCC3)cc2)cs1)(C(=O)O)c1ccccc1)c1cc(-c2ccc(C3CCCCC3)cc2)cs1. The molecule has 2 fully saturated rings. The monoisotopic (exact) mass is 702 g/mol. The van der Waals surface area contributed by atoms with Gasteiger partial charge in [-0.05, 0) is 93.8 Å². The minimum Gasteiger partial charge on any atom is -0.478 e. The van der Waals surface area contributed by atoms with E-state index < -0.39 is 23.4 Å². The lowest BCUT2D eigenvalue weighted by Gasteiger charge is -2.31. The molecule has 5 aromatic rings. The molecule has 8 heteroatoms. The number of thiophene rings is 2. The highest BCUT2D eigenvalue weighted by atomic mass is 32.1. The van der Waals surface area contributed by atoms with E-state index in [1.165, 1.54) is 98.0 Å². The van der Waals surface area contributed by atoms with Crippen molar-refractivity contribution in [3.8, 4) is 22.3 Å². The van der Waals surface area contributed by atoms with Crippen molar-refractivity contribution >= 4 is 40.5 Å². The van der Waals surface area contributed by atoms with Gasteiger partial charge in [-0.2, -0.15) is 0 Å². The third kappa shape index (κ3) is 7.32. The third-order valence-electron chi connectivity index (χ3n) is 10.4. The summed E-state index contributed by atoms with van der Waals surface area (Å²) in [6.45, 7) is 0. The van der Waals surface area contributed by atoms with Crippen molar-refractivity contribution in [2.75, 3.05) is 0 Å². The first-order chi connectivity index (χ1) is 24.4. The molecule has 50 heavy (non-hydrogen) atoms. The summed E-state index contributed by atoms with van der Waals surface area (Å²) in [4.78, 5) is 41.4. The maximum Gasteiger partial charge on any atom is 0.355 e. The summed E-state index contributed by atoms with van der Waals surface area (Å²) in [5.41, 5.74) is 4.52. The summed E-state index contributed by atoms with van der Waals surface area (Å²) in [7, 11) is 0. The van der Waals surface area contributed by atoms with Gasteiger partial charge in [-0.15, -0.1) is 22.7 Å². The van der Waals surface area contributed by atoms with Crippen molar-refractivity contribution in [2.24, 2.45) is 0 Å². The van der Waals surface area contributed by atoms with Gasteiger partial charge in [0.15, 0.2) is 0 Å². The zero-order chi connectivity index (χ0) is 34.5. The maximum atomic E-state index is 13.8. The van der Waals surface area contributed by atoms with Crippen LogP contribution in [0.1, 0.15) is 112 Å². The molecule has 2 heterocycles. The van der Waals surface area contributed by atoms with E-state index in [4.69, 9.17) is 0 Å². The number of carbonyl (C=O) groups excluding carboxylic acids is 2. The number of hydrogen-bond acceptors (Lipinski definition) is 5. The van der Waals surface area contributed by atoms with Gasteiger partial charge < -0.3 is 15.7 Å². The van der Waals surface area contributed by atoms with Crippen LogP contribution in [0.25, 0.3) is 22.3 Å². The van der Waals surface area contributed by atoms with Crippen LogP contribution in [0.15, 0.2) is 102 Å². The Balaban J connectivity index is 1.09. The molecule has 0 saturated heterocycles. The molecule has 3 N–H and O–H groups in total. The molecule has 0 bridgehead atoms. The van der Waals surface area contributed by atoms with E-state index in [0.717, 1.165) is 22.3 Å². The first kappa shape index (κ1) is 33.9. The van der Waals surface area contributed by atoms with Gasteiger partial charge in [-0.1, -0.05) is 117 Å². The Morgan fingerprint density at radius 3 is 1.38 bits per heavy atom. The van der Waals surface area contributed by atoms with E-state index in [1.54, 1.807) is 42.5 Å². The molecule has 2 saturated carbocycles. The number of benzene rings is 3. The fourth-order valence-corrected chi connectivity index (χ4v) is 9.16. The summed E-state index contributed by atoms with van der Waals surface area (Å²) in [6, 6.07) is 29.0. The number of rotatable bonds is 10. The molecule has 2 aliphatic rings. The van der Waals surface area contributed by atoms with Crippen molar-refractivity contribution < 1.29 is 19.5 Å². The van der Waals surface area contributed by atoms with Crippen LogP contribution >= 0.6 is 22.7 Å². The molecular weight excluding hydrogens is 661 g/mol. The lowest BCUT2D eigenvalue weighted by molar-refractivity contribution is -0.146. The van der Waals surface area contributed by atoms with Crippen molar-refractivity contribution in [3.63, 3.8) is 0 Å². The molecule has 0 atom stereocenters. The summed E-state index contributed by atoms with van der Waals surface area (Å²) in [5.74, 6) is -1.35. The fraction of sp³-hybridized carbons (Fsp3) is 0.310. The second kappa shape index (κ2) is 15.2. The summed E-state index contributed by atoms with van der Waals surface area (Å²) in [6.07, 6.45) is 12.7. The first-order valence-electron chi connectivity index (χ1n) is 17.7. The Morgan fingerprint density at radius 1 is 0.560 bits per heavy atom. The molecule has 2 aromatic heterocycles. The van der Waals surface area contributed by atoms with Crippen LogP contribution in [-0.2, 0) is 10.5 Å². The lowest BCUT2D eigenvalue weighted by atomic mass is 9.84. The van der Waals surface area contributed by atoms with E-state index in [-0.39, 0.29) is 5.56 Å². The predicted molar refractivity (Wildman–Crippen MR) is 202 cm³/mol. The van der Waals surface area contributed by atoms with E-state index >= 15 is 0 Å². The van der Waals surface area contributed by atoms with E-state index in [2.05, 4.69) is 59.2 Å². The molecule has 2 amide bonds. The number of hydrogen-bond donors (Lipinski definition) is 3. The van der Waals surface area contributed by atoms with Crippen molar-refractivity contribution in [2.45, 2.75) is 81.7 Å². The van der Waals surface area contributed by atoms with Crippen LogP contribution in [-0.4, -0.2) is 22.9 Å². The van der Waals surface area contributed by atoms with Gasteiger partial charge in [0.05, 0.1) is 9.75 Å². The maximum absolute atomic E-state index is 13.8. The molecule has 0 unspecified atom stereocenters. The Kier molecular flexibility index (Phi) is 10.3. The molecule has 256 valence electrons. The first-order valence-corrected chi connectivity index (χ1v) is 19.5. The molecule has 6 nitrogen and oxygen atoms in total. The number of carboxylic acid groups (broad SMARTS) is 1. The van der Waals surface area contributed by atoms with Gasteiger partial charge in [-0.25, -0.2) is 4.79 Å². The zero-order valence-corrected chi connectivity index (χ0v) is 29.7. The normalized spacial score (nSPS) is 15.8. The molecule has 0 radical (unpaired) electrons. The van der Waals surface area contributed by atoms with Gasteiger partial charge >= 0.3 is 5.97 Å². The average molecular weight is 703 g/mol. The van der Waals surface area contributed by atoms with Crippen LogP contribution in [0.4, 0.5) is 0 Å². The second-order valence-corrected chi connectivity index (χ2v) is 15.5. The zero-order valence-electron chi connectivity index (χ0n) is 28.0. The topological polar surface area (TPSA) is 95.5 Å². The van der Waals surface area contributed by atoms with Gasteiger partial charge in [0, 0.05) is 5.56 Å². The van der Waals surface area contributed by atoms with Crippen molar-refractivity contribution in [3.05, 3.63) is 128 Å². The smallest absolute Gasteiger partial charge is 0.355 e. The molecular formula is C42H42N2O4S2. The highest BCUT2D eigenvalue weighted by molar-refractivity contribution is 7.12. The molecule has 7 rings (SSSR count). The van der Waals surface area contributed by atoms with Gasteiger partial charge in [-0.3, -0.25) is 9.59 Å². The summed E-state index contributed by atoms with van der Waals surface area (Å²) in [5, 5.41) is 19.9. The predicted octanol–water partition coefficient (Wildman–Crippen LogP) is 10.3. The minimum absolute atomic E-state index is 0.236. The number of amides is 2. The molecule has 2 aliphatic carbocycles. The Hall–Kier alpha value is -4.53. The van der Waals surface area contributed by atoms with Crippen LogP contribution in [0.3, 0.4) is 0 Å². The average Bonchev–Trinajstić information content (AvgIpc) is 3.88. The number of carboxylic acids is 1. The van der Waals surface area contributed by atoms with Crippen LogP contribution in [0.5, 0.6) is 0 Å². The van der Waals surface area contributed by atoms with Crippen LogP contribution < -0.4 is 10.6 Å². The van der Waals surface area contributed by atoms with E-state index in [0.29, 0.717) is 21.6 Å². The second-order valence-electron chi connectivity index (χ2n) is 13.6.